The Labute approximate surface area is 128 Å². The minimum absolute atomic E-state index is 0.459. The van der Waals surface area contributed by atoms with Crippen molar-refractivity contribution in [2.75, 3.05) is 26.7 Å². The lowest BCUT2D eigenvalue weighted by atomic mass is 9.80. The van der Waals surface area contributed by atoms with Crippen molar-refractivity contribution in [1.29, 1.82) is 0 Å². The van der Waals surface area contributed by atoms with Crippen LogP contribution in [0.2, 0.25) is 5.02 Å². The van der Waals surface area contributed by atoms with Crippen LogP contribution in [0.25, 0.3) is 0 Å². The SMILES string of the molecule is CC(Cc1ccc(Cl)cc1)NCC1(C)CCN(C)CC1. The second-order valence-electron chi connectivity index (χ2n) is 6.73. The average Bonchev–Trinajstić information content (AvgIpc) is 2.43. The van der Waals surface area contributed by atoms with E-state index < -0.39 is 0 Å². The molecule has 1 atom stereocenters. The number of hydrogen-bond donors (Lipinski definition) is 1. The highest BCUT2D eigenvalue weighted by Gasteiger charge is 2.28. The smallest absolute Gasteiger partial charge is 0.0406 e. The lowest BCUT2D eigenvalue weighted by molar-refractivity contribution is 0.134. The molecule has 1 saturated heterocycles. The van der Waals surface area contributed by atoms with Crippen LogP contribution >= 0.6 is 11.6 Å². The van der Waals surface area contributed by atoms with Gasteiger partial charge in [-0.2, -0.15) is 0 Å². The zero-order chi connectivity index (χ0) is 14.6. The summed E-state index contributed by atoms with van der Waals surface area (Å²) in [5, 5.41) is 4.53. The molecule has 1 N–H and O–H groups in total. The van der Waals surface area contributed by atoms with Crippen LogP contribution in [0.4, 0.5) is 0 Å². The fourth-order valence-electron chi connectivity index (χ4n) is 2.80. The van der Waals surface area contributed by atoms with Gasteiger partial charge in [0.25, 0.3) is 0 Å². The summed E-state index contributed by atoms with van der Waals surface area (Å²) in [5.74, 6) is 0. The molecule has 1 heterocycles. The molecule has 1 aromatic carbocycles. The first-order valence-electron chi connectivity index (χ1n) is 7.63. The lowest BCUT2D eigenvalue weighted by Crippen LogP contribution is -2.44. The molecule has 0 radical (unpaired) electrons. The van der Waals surface area contributed by atoms with Gasteiger partial charge >= 0.3 is 0 Å². The molecule has 0 spiro atoms. The van der Waals surface area contributed by atoms with Crippen molar-refractivity contribution in [3.05, 3.63) is 34.9 Å². The molecule has 1 aliphatic heterocycles. The number of nitrogens with one attached hydrogen (secondary N) is 1. The molecule has 0 aliphatic carbocycles. The van der Waals surface area contributed by atoms with Gasteiger partial charge in [-0.05, 0) is 69.4 Å². The summed E-state index contributed by atoms with van der Waals surface area (Å²) in [6, 6.07) is 8.70. The summed E-state index contributed by atoms with van der Waals surface area (Å²) in [6.07, 6.45) is 3.65. The van der Waals surface area contributed by atoms with Gasteiger partial charge in [0.2, 0.25) is 0 Å². The van der Waals surface area contributed by atoms with E-state index in [4.69, 9.17) is 11.6 Å². The second-order valence-corrected chi connectivity index (χ2v) is 7.16. The number of piperidine rings is 1. The molecule has 2 nitrogen and oxygen atoms in total. The molecule has 1 aromatic rings. The number of nitrogens with zero attached hydrogens (tertiary/aromatic N) is 1. The minimum atomic E-state index is 0.459. The van der Waals surface area contributed by atoms with Crippen LogP contribution in [-0.4, -0.2) is 37.6 Å². The topological polar surface area (TPSA) is 15.3 Å². The Balaban J connectivity index is 1.77. The Morgan fingerprint density at radius 3 is 2.45 bits per heavy atom. The van der Waals surface area contributed by atoms with Gasteiger partial charge in [0.15, 0.2) is 0 Å². The molecule has 2 rings (SSSR count). The molecule has 1 unspecified atom stereocenters. The van der Waals surface area contributed by atoms with Gasteiger partial charge in [-0.3, -0.25) is 0 Å². The number of halogens is 1. The molecule has 0 saturated carbocycles. The third-order valence-electron chi connectivity index (χ3n) is 4.53. The van der Waals surface area contributed by atoms with E-state index in [2.05, 4.69) is 43.2 Å². The maximum atomic E-state index is 5.92. The van der Waals surface area contributed by atoms with Gasteiger partial charge in [0, 0.05) is 17.6 Å². The van der Waals surface area contributed by atoms with Crippen LogP contribution in [0.3, 0.4) is 0 Å². The van der Waals surface area contributed by atoms with Crippen LogP contribution in [-0.2, 0) is 6.42 Å². The van der Waals surface area contributed by atoms with E-state index in [1.165, 1.54) is 31.5 Å². The maximum absolute atomic E-state index is 5.92. The van der Waals surface area contributed by atoms with Crippen molar-refractivity contribution >= 4 is 11.6 Å². The Bertz CT molecular complexity index is 408. The summed E-state index contributed by atoms with van der Waals surface area (Å²) in [7, 11) is 2.22. The molecule has 0 bridgehead atoms. The quantitative estimate of drug-likeness (QED) is 0.893. The zero-order valence-corrected chi connectivity index (χ0v) is 13.7. The first kappa shape index (κ1) is 15.8. The van der Waals surface area contributed by atoms with Crippen LogP contribution in [0.15, 0.2) is 24.3 Å². The van der Waals surface area contributed by atoms with Crippen LogP contribution < -0.4 is 5.32 Å². The molecular weight excluding hydrogens is 268 g/mol. The average molecular weight is 295 g/mol. The highest BCUT2D eigenvalue weighted by Crippen LogP contribution is 2.29. The number of benzene rings is 1. The van der Waals surface area contributed by atoms with Gasteiger partial charge in [-0.1, -0.05) is 30.7 Å². The predicted octanol–water partition coefficient (Wildman–Crippen LogP) is 3.59. The fourth-order valence-corrected chi connectivity index (χ4v) is 2.93. The molecule has 1 fully saturated rings. The highest BCUT2D eigenvalue weighted by atomic mass is 35.5. The number of likely N-dealkylation sites (tertiary alicyclic amines) is 1. The molecular formula is C17H27ClN2. The Kier molecular flexibility index (Phi) is 5.48. The Morgan fingerprint density at radius 2 is 1.85 bits per heavy atom. The van der Waals surface area contributed by atoms with E-state index in [1.54, 1.807) is 0 Å². The molecule has 0 aromatic heterocycles. The molecule has 20 heavy (non-hydrogen) atoms. The van der Waals surface area contributed by atoms with E-state index in [-0.39, 0.29) is 0 Å². The van der Waals surface area contributed by atoms with Crippen molar-refractivity contribution in [2.45, 2.75) is 39.2 Å². The predicted molar refractivity (Wildman–Crippen MR) is 87.5 cm³/mol. The first-order valence-corrected chi connectivity index (χ1v) is 8.01. The van der Waals surface area contributed by atoms with Gasteiger partial charge in [0.1, 0.15) is 0 Å². The van der Waals surface area contributed by atoms with E-state index >= 15 is 0 Å². The molecule has 1 aliphatic rings. The number of hydrogen-bond acceptors (Lipinski definition) is 2. The first-order chi connectivity index (χ1) is 9.47. The summed E-state index contributed by atoms with van der Waals surface area (Å²) in [5.41, 5.74) is 1.81. The van der Waals surface area contributed by atoms with Gasteiger partial charge in [-0.25, -0.2) is 0 Å². The second kappa shape index (κ2) is 6.93. The summed E-state index contributed by atoms with van der Waals surface area (Å²) in [4.78, 5) is 2.43. The normalized spacial score (nSPS) is 20.8. The van der Waals surface area contributed by atoms with E-state index in [0.29, 0.717) is 11.5 Å². The van der Waals surface area contributed by atoms with Crippen LogP contribution in [0.5, 0.6) is 0 Å². The number of rotatable bonds is 5. The summed E-state index contributed by atoms with van der Waals surface area (Å²) >= 11 is 5.92. The van der Waals surface area contributed by atoms with Crippen molar-refractivity contribution in [3.8, 4) is 0 Å². The maximum Gasteiger partial charge on any atom is 0.0406 e. The Morgan fingerprint density at radius 1 is 1.25 bits per heavy atom. The fraction of sp³-hybridized carbons (Fsp3) is 0.647. The summed E-state index contributed by atoms with van der Waals surface area (Å²) in [6.45, 7) is 8.26. The molecule has 112 valence electrons. The van der Waals surface area contributed by atoms with Crippen molar-refractivity contribution in [3.63, 3.8) is 0 Å². The Hall–Kier alpha value is -0.570. The van der Waals surface area contributed by atoms with Crippen molar-refractivity contribution in [2.24, 2.45) is 5.41 Å². The van der Waals surface area contributed by atoms with Crippen LogP contribution in [0, 0.1) is 5.41 Å². The monoisotopic (exact) mass is 294 g/mol. The van der Waals surface area contributed by atoms with E-state index in [9.17, 15) is 0 Å². The van der Waals surface area contributed by atoms with Gasteiger partial charge in [0.05, 0.1) is 0 Å². The summed E-state index contributed by atoms with van der Waals surface area (Å²) < 4.78 is 0. The van der Waals surface area contributed by atoms with E-state index in [0.717, 1.165) is 18.0 Å². The zero-order valence-electron chi connectivity index (χ0n) is 13.0. The third kappa shape index (κ3) is 4.76. The van der Waals surface area contributed by atoms with Gasteiger partial charge in [-0.15, -0.1) is 0 Å². The largest absolute Gasteiger partial charge is 0.313 e. The van der Waals surface area contributed by atoms with Gasteiger partial charge < -0.3 is 10.2 Å². The third-order valence-corrected chi connectivity index (χ3v) is 4.78. The molecule has 0 amide bonds. The van der Waals surface area contributed by atoms with Crippen LogP contribution in [0.1, 0.15) is 32.3 Å². The molecule has 3 heteroatoms. The van der Waals surface area contributed by atoms with Crippen molar-refractivity contribution < 1.29 is 0 Å². The standard InChI is InChI=1S/C17H27ClN2/c1-14(12-15-4-6-16(18)7-5-15)19-13-17(2)8-10-20(3)11-9-17/h4-7,14,19H,8-13H2,1-3H3. The van der Waals surface area contributed by atoms with Crippen molar-refractivity contribution in [1.82, 2.24) is 10.2 Å². The highest BCUT2D eigenvalue weighted by molar-refractivity contribution is 6.30. The minimum Gasteiger partial charge on any atom is -0.313 e. The van der Waals surface area contributed by atoms with E-state index in [1.807, 2.05) is 12.1 Å². The lowest BCUT2D eigenvalue weighted by Gasteiger charge is -2.38.